The highest BCUT2D eigenvalue weighted by atomic mass is 16.8. The van der Waals surface area contributed by atoms with Gasteiger partial charge < -0.3 is 9.47 Å². The summed E-state index contributed by atoms with van der Waals surface area (Å²) in [5.74, 6) is -0.341. The molecule has 0 radical (unpaired) electrons. The van der Waals surface area contributed by atoms with Crippen LogP contribution in [0.4, 0.5) is 0 Å². The molecule has 3 atom stereocenters. The van der Waals surface area contributed by atoms with E-state index in [0.29, 0.717) is 5.92 Å². The maximum atomic E-state index is 12.0. The molecule has 2 fully saturated rings. The lowest BCUT2D eigenvalue weighted by atomic mass is 9.86. The van der Waals surface area contributed by atoms with Gasteiger partial charge in [0.1, 0.15) is 0 Å². The summed E-state index contributed by atoms with van der Waals surface area (Å²) in [6.45, 7) is 2.19. The van der Waals surface area contributed by atoms with E-state index in [9.17, 15) is 4.79 Å². The number of hydrogen-bond acceptors (Lipinski definition) is 3. The fourth-order valence-corrected chi connectivity index (χ4v) is 3.01. The van der Waals surface area contributed by atoms with Crippen molar-refractivity contribution in [3.63, 3.8) is 0 Å². The van der Waals surface area contributed by atoms with Crippen LogP contribution in [-0.2, 0) is 14.3 Å². The zero-order valence-electron chi connectivity index (χ0n) is 10.6. The zero-order chi connectivity index (χ0) is 12.6. The van der Waals surface area contributed by atoms with Gasteiger partial charge in [-0.3, -0.25) is 0 Å². The second kappa shape index (κ2) is 4.39. The summed E-state index contributed by atoms with van der Waals surface area (Å²) >= 11 is 0. The Morgan fingerprint density at radius 3 is 2.78 bits per heavy atom. The molecule has 1 aliphatic heterocycles. The minimum atomic E-state index is -0.657. The molecule has 1 aromatic carbocycles. The first-order valence-corrected chi connectivity index (χ1v) is 6.64. The smallest absolute Gasteiger partial charge is 0.342 e. The summed E-state index contributed by atoms with van der Waals surface area (Å²) < 4.78 is 11.6. The van der Waals surface area contributed by atoms with E-state index in [-0.39, 0.29) is 5.97 Å². The number of benzene rings is 1. The summed E-state index contributed by atoms with van der Waals surface area (Å²) in [7, 11) is 0. The minimum absolute atomic E-state index is 0.240. The molecule has 1 saturated heterocycles. The molecule has 3 heteroatoms. The molecule has 96 valence electrons. The van der Waals surface area contributed by atoms with E-state index in [0.717, 1.165) is 24.8 Å². The largest absolute Gasteiger partial charge is 0.431 e. The predicted octanol–water partition coefficient (Wildman–Crippen LogP) is 3.21. The SMILES string of the molecule is C[C@H]1CCC[C@]2(C1)OC(=O)[C@@H](c1ccccc1)O2. The third kappa shape index (κ3) is 2.03. The fourth-order valence-electron chi connectivity index (χ4n) is 3.01. The number of rotatable bonds is 1. The summed E-state index contributed by atoms with van der Waals surface area (Å²) in [4.78, 5) is 12.0. The predicted molar refractivity (Wildman–Crippen MR) is 66.7 cm³/mol. The lowest BCUT2D eigenvalue weighted by Gasteiger charge is -2.34. The topological polar surface area (TPSA) is 35.5 Å². The summed E-state index contributed by atoms with van der Waals surface area (Å²) in [6, 6.07) is 9.59. The van der Waals surface area contributed by atoms with E-state index >= 15 is 0 Å². The fraction of sp³-hybridized carbons (Fsp3) is 0.533. The van der Waals surface area contributed by atoms with Crippen molar-refractivity contribution in [1.82, 2.24) is 0 Å². The standard InChI is InChI=1S/C15H18O3/c1-11-6-5-9-15(10-11)17-13(14(16)18-15)12-7-3-2-4-8-12/h2-4,7-8,11,13H,5-6,9-10H2,1H3/t11-,13+,15+/m0/s1. The third-order valence-electron chi connectivity index (χ3n) is 3.85. The Bertz CT molecular complexity index is 442. The summed E-state index contributed by atoms with van der Waals surface area (Å²) in [5, 5.41) is 0. The Kier molecular flexibility index (Phi) is 2.86. The molecule has 1 heterocycles. The van der Waals surface area contributed by atoms with Crippen molar-refractivity contribution in [1.29, 1.82) is 0 Å². The average Bonchev–Trinajstić information content (AvgIpc) is 2.67. The van der Waals surface area contributed by atoms with E-state index in [1.165, 1.54) is 6.42 Å². The van der Waals surface area contributed by atoms with Crippen molar-refractivity contribution in [2.24, 2.45) is 5.92 Å². The highest BCUT2D eigenvalue weighted by Gasteiger charge is 2.50. The Morgan fingerprint density at radius 1 is 1.28 bits per heavy atom. The maximum Gasteiger partial charge on any atom is 0.342 e. The van der Waals surface area contributed by atoms with Crippen molar-refractivity contribution < 1.29 is 14.3 Å². The maximum absolute atomic E-state index is 12.0. The van der Waals surface area contributed by atoms with Crippen LogP contribution in [0, 0.1) is 5.92 Å². The molecule has 0 aromatic heterocycles. The van der Waals surface area contributed by atoms with E-state index in [1.54, 1.807) is 0 Å². The molecular weight excluding hydrogens is 228 g/mol. The molecule has 1 saturated carbocycles. The van der Waals surface area contributed by atoms with E-state index < -0.39 is 11.9 Å². The molecule has 0 bridgehead atoms. The summed E-state index contributed by atoms with van der Waals surface area (Å²) in [6.07, 6.45) is 3.36. The number of hydrogen-bond donors (Lipinski definition) is 0. The molecular formula is C15H18O3. The van der Waals surface area contributed by atoms with Crippen LogP contribution in [-0.4, -0.2) is 11.8 Å². The van der Waals surface area contributed by atoms with Gasteiger partial charge in [0.15, 0.2) is 6.10 Å². The third-order valence-corrected chi connectivity index (χ3v) is 3.85. The number of carbonyl (C=O) groups excluding carboxylic acids is 1. The average molecular weight is 246 g/mol. The molecule has 2 aliphatic rings. The van der Waals surface area contributed by atoms with Crippen LogP contribution < -0.4 is 0 Å². The van der Waals surface area contributed by atoms with E-state index in [2.05, 4.69) is 6.92 Å². The van der Waals surface area contributed by atoms with Crippen molar-refractivity contribution in [2.75, 3.05) is 0 Å². The van der Waals surface area contributed by atoms with Gasteiger partial charge >= 0.3 is 5.97 Å². The Balaban J connectivity index is 1.82. The van der Waals surface area contributed by atoms with E-state index in [1.807, 2.05) is 30.3 Å². The van der Waals surface area contributed by atoms with Crippen LogP contribution in [0.25, 0.3) is 0 Å². The lowest BCUT2D eigenvalue weighted by Crippen LogP contribution is -2.36. The van der Waals surface area contributed by atoms with Crippen LogP contribution in [0.3, 0.4) is 0 Å². The van der Waals surface area contributed by atoms with Gasteiger partial charge in [0, 0.05) is 12.8 Å². The van der Waals surface area contributed by atoms with Crippen LogP contribution in [0.15, 0.2) is 30.3 Å². The summed E-state index contributed by atoms with van der Waals surface area (Å²) in [5.41, 5.74) is 0.887. The minimum Gasteiger partial charge on any atom is -0.431 e. The number of esters is 1. The van der Waals surface area contributed by atoms with Gasteiger partial charge in [0.2, 0.25) is 5.79 Å². The van der Waals surface area contributed by atoms with Gasteiger partial charge in [0.25, 0.3) is 0 Å². The lowest BCUT2D eigenvalue weighted by molar-refractivity contribution is -0.198. The Hall–Kier alpha value is -1.35. The molecule has 1 aliphatic carbocycles. The van der Waals surface area contributed by atoms with Gasteiger partial charge in [-0.25, -0.2) is 4.79 Å². The molecule has 0 unspecified atom stereocenters. The van der Waals surface area contributed by atoms with Gasteiger partial charge in [-0.2, -0.15) is 0 Å². The second-order valence-corrected chi connectivity index (χ2v) is 5.44. The molecule has 0 N–H and O–H groups in total. The number of carbonyl (C=O) groups is 1. The van der Waals surface area contributed by atoms with Crippen molar-refractivity contribution in [3.05, 3.63) is 35.9 Å². The van der Waals surface area contributed by atoms with Crippen LogP contribution >= 0.6 is 0 Å². The normalized spacial score (nSPS) is 35.7. The first-order valence-electron chi connectivity index (χ1n) is 6.64. The van der Waals surface area contributed by atoms with Crippen molar-refractivity contribution >= 4 is 5.97 Å². The Morgan fingerprint density at radius 2 is 2.06 bits per heavy atom. The molecule has 0 amide bonds. The second-order valence-electron chi connectivity index (χ2n) is 5.44. The first kappa shape index (κ1) is 11.7. The van der Waals surface area contributed by atoms with Crippen LogP contribution in [0.1, 0.15) is 44.3 Å². The highest BCUT2D eigenvalue weighted by Crippen LogP contribution is 2.44. The monoisotopic (exact) mass is 246 g/mol. The number of ether oxygens (including phenoxy) is 2. The highest BCUT2D eigenvalue weighted by molar-refractivity contribution is 5.78. The van der Waals surface area contributed by atoms with Crippen LogP contribution in [0.5, 0.6) is 0 Å². The molecule has 3 nitrogen and oxygen atoms in total. The van der Waals surface area contributed by atoms with Gasteiger partial charge in [-0.1, -0.05) is 43.7 Å². The quantitative estimate of drug-likeness (QED) is 0.714. The van der Waals surface area contributed by atoms with E-state index in [4.69, 9.17) is 9.47 Å². The molecule has 18 heavy (non-hydrogen) atoms. The Labute approximate surface area is 107 Å². The molecule has 1 spiro atoms. The van der Waals surface area contributed by atoms with Crippen LogP contribution in [0.2, 0.25) is 0 Å². The van der Waals surface area contributed by atoms with Gasteiger partial charge in [-0.15, -0.1) is 0 Å². The molecule has 3 rings (SSSR count). The zero-order valence-corrected chi connectivity index (χ0v) is 10.6. The first-order chi connectivity index (χ1) is 8.69. The van der Waals surface area contributed by atoms with Gasteiger partial charge in [0.05, 0.1) is 0 Å². The molecule has 1 aromatic rings. The van der Waals surface area contributed by atoms with Gasteiger partial charge in [-0.05, 0) is 17.9 Å². The van der Waals surface area contributed by atoms with Crippen molar-refractivity contribution in [2.45, 2.75) is 44.5 Å². The van der Waals surface area contributed by atoms with Crippen molar-refractivity contribution in [3.8, 4) is 0 Å².